The summed E-state index contributed by atoms with van der Waals surface area (Å²) in [7, 11) is 1.31. The average molecular weight is 277 g/mol. The third-order valence-electron chi connectivity index (χ3n) is 2.80. The van der Waals surface area contributed by atoms with Gasteiger partial charge in [0, 0.05) is 23.9 Å². The van der Waals surface area contributed by atoms with Gasteiger partial charge < -0.3 is 10.1 Å². The molecular formula is C15H13F2NO2. The fraction of sp³-hybridized carbons (Fsp3) is 0.133. The van der Waals surface area contributed by atoms with Crippen molar-refractivity contribution in [3.63, 3.8) is 0 Å². The highest BCUT2D eigenvalue weighted by Crippen LogP contribution is 2.14. The second-order valence-corrected chi connectivity index (χ2v) is 4.16. The Kier molecular flexibility index (Phi) is 4.30. The molecule has 5 heteroatoms. The van der Waals surface area contributed by atoms with Crippen molar-refractivity contribution in [2.45, 2.75) is 6.54 Å². The number of anilines is 1. The molecular weight excluding hydrogens is 264 g/mol. The standard InChI is InChI=1S/C15H13F2NO2/c1-20-15(19)10-3-6-13(7-4-10)18-9-11-2-5-12(16)8-14(11)17/h2-8,18H,9H2,1H3. The van der Waals surface area contributed by atoms with Gasteiger partial charge in [-0.15, -0.1) is 0 Å². The van der Waals surface area contributed by atoms with Gasteiger partial charge in [0.1, 0.15) is 11.6 Å². The van der Waals surface area contributed by atoms with Crippen molar-refractivity contribution in [2.75, 3.05) is 12.4 Å². The van der Waals surface area contributed by atoms with Gasteiger partial charge in [0.05, 0.1) is 12.7 Å². The first-order valence-corrected chi connectivity index (χ1v) is 5.96. The van der Waals surface area contributed by atoms with E-state index in [2.05, 4.69) is 10.1 Å². The van der Waals surface area contributed by atoms with Crippen molar-refractivity contribution in [3.8, 4) is 0 Å². The van der Waals surface area contributed by atoms with Crippen LogP contribution in [0.15, 0.2) is 42.5 Å². The number of hydrogen-bond acceptors (Lipinski definition) is 3. The van der Waals surface area contributed by atoms with E-state index in [1.807, 2.05) is 0 Å². The van der Waals surface area contributed by atoms with Gasteiger partial charge >= 0.3 is 5.97 Å². The molecule has 0 bridgehead atoms. The van der Waals surface area contributed by atoms with Gasteiger partial charge in [-0.05, 0) is 30.3 Å². The van der Waals surface area contributed by atoms with Gasteiger partial charge in [-0.1, -0.05) is 6.07 Å². The highest BCUT2D eigenvalue weighted by atomic mass is 19.1. The number of ether oxygens (including phenoxy) is 1. The fourth-order valence-electron chi connectivity index (χ4n) is 1.70. The van der Waals surface area contributed by atoms with E-state index in [-0.39, 0.29) is 6.54 Å². The molecule has 0 amide bonds. The lowest BCUT2D eigenvalue weighted by molar-refractivity contribution is 0.0601. The molecule has 0 fully saturated rings. The number of rotatable bonds is 4. The summed E-state index contributed by atoms with van der Waals surface area (Å²) in [5.74, 6) is -1.61. The molecule has 2 aromatic rings. The monoisotopic (exact) mass is 277 g/mol. The van der Waals surface area contributed by atoms with E-state index < -0.39 is 17.6 Å². The maximum atomic E-state index is 13.4. The zero-order chi connectivity index (χ0) is 14.5. The lowest BCUT2D eigenvalue weighted by Gasteiger charge is -2.08. The third-order valence-corrected chi connectivity index (χ3v) is 2.80. The van der Waals surface area contributed by atoms with Crippen molar-refractivity contribution in [1.82, 2.24) is 0 Å². The molecule has 3 nitrogen and oxygen atoms in total. The minimum atomic E-state index is -0.603. The quantitative estimate of drug-likeness (QED) is 0.871. The van der Waals surface area contributed by atoms with Gasteiger partial charge in [-0.3, -0.25) is 0 Å². The van der Waals surface area contributed by atoms with Crippen LogP contribution < -0.4 is 5.32 Å². The molecule has 1 N–H and O–H groups in total. The first-order valence-electron chi connectivity index (χ1n) is 5.96. The topological polar surface area (TPSA) is 38.3 Å². The highest BCUT2D eigenvalue weighted by molar-refractivity contribution is 5.89. The number of esters is 1. The van der Waals surface area contributed by atoms with Crippen LogP contribution >= 0.6 is 0 Å². The van der Waals surface area contributed by atoms with Crippen molar-refractivity contribution in [3.05, 3.63) is 65.2 Å². The zero-order valence-corrected chi connectivity index (χ0v) is 10.8. The van der Waals surface area contributed by atoms with Crippen LogP contribution in [0.3, 0.4) is 0 Å². The molecule has 0 heterocycles. The summed E-state index contributed by atoms with van der Waals surface area (Å²) in [5.41, 5.74) is 1.52. The van der Waals surface area contributed by atoms with Crippen LogP contribution in [0, 0.1) is 11.6 Å². The van der Waals surface area contributed by atoms with Crippen LogP contribution in [0.1, 0.15) is 15.9 Å². The Morgan fingerprint density at radius 1 is 1.15 bits per heavy atom. The molecule has 2 rings (SSSR count). The Morgan fingerprint density at radius 3 is 2.45 bits per heavy atom. The van der Waals surface area contributed by atoms with Crippen LogP contribution in [0.25, 0.3) is 0 Å². The summed E-state index contributed by atoms with van der Waals surface area (Å²) in [5, 5.41) is 2.99. The molecule has 20 heavy (non-hydrogen) atoms. The van der Waals surface area contributed by atoms with Gasteiger partial charge in [0.2, 0.25) is 0 Å². The van der Waals surface area contributed by atoms with Crippen LogP contribution in [0.2, 0.25) is 0 Å². The van der Waals surface area contributed by atoms with E-state index in [0.717, 1.165) is 11.8 Å². The summed E-state index contributed by atoms with van der Waals surface area (Å²) >= 11 is 0. The molecule has 0 saturated carbocycles. The Morgan fingerprint density at radius 2 is 1.85 bits per heavy atom. The molecule has 0 aliphatic heterocycles. The van der Waals surface area contributed by atoms with Gasteiger partial charge in [-0.25, -0.2) is 13.6 Å². The lowest BCUT2D eigenvalue weighted by atomic mass is 10.2. The second kappa shape index (κ2) is 6.14. The number of hydrogen-bond donors (Lipinski definition) is 1. The van der Waals surface area contributed by atoms with E-state index in [4.69, 9.17) is 0 Å². The zero-order valence-electron chi connectivity index (χ0n) is 10.8. The van der Waals surface area contributed by atoms with Crippen LogP contribution in [0.4, 0.5) is 14.5 Å². The number of benzene rings is 2. The van der Waals surface area contributed by atoms with Gasteiger partial charge in [0.25, 0.3) is 0 Å². The number of nitrogens with one attached hydrogen (secondary N) is 1. The Bertz CT molecular complexity index is 612. The summed E-state index contributed by atoms with van der Waals surface area (Å²) < 4.78 is 30.8. The molecule has 0 spiro atoms. The van der Waals surface area contributed by atoms with Crippen molar-refractivity contribution in [1.29, 1.82) is 0 Å². The normalized spacial score (nSPS) is 10.2. The largest absolute Gasteiger partial charge is 0.465 e. The SMILES string of the molecule is COC(=O)c1ccc(NCc2ccc(F)cc2F)cc1. The van der Waals surface area contributed by atoms with Gasteiger partial charge in [0.15, 0.2) is 0 Å². The number of halogens is 2. The Balaban J connectivity index is 2.02. The van der Waals surface area contributed by atoms with Crippen molar-refractivity contribution < 1.29 is 18.3 Å². The minimum Gasteiger partial charge on any atom is -0.465 e. The smallest absolute Gasteiger partial charge is 0.337 e. The number of methoxy groups -OCH3 is 1. The predicted molar refractivity (Wildman–Crippen MR) is 71.5 cm³/mol. The van der Waals surface area contributed by atoms with Crippen LogP contribution in [-0.4, -0.2) is 13.1 Å². The van der Waals surface area contributed by atoms with E-state index in [1.54, 1.807) is 24.3 Å². The van der Waals surface area contributed by atoms with Crippen molar-refractivity contribution >= 4 is 11.7 Å². The lowest BCUT2D eigenvalue weighted by Crippen LogP contribution is -2.04. The van der Waals surface area contributed by atoms with E-state index in [0.29, 0.717) is 11.1 Å². The minimum absolute atomic E-state index is 0.226. The molecule has 0 saturated heterocycles. The Hall–Kier alpha value is -2.43. The van der Waals surface area contributed by atoms with E-state index in [1.165, 1.54) is 19.2 Å². The summed E-state index contributed by atoms with van der Waals surface area (Å²) in [6, 6.07) is 10.0. The van der Waals surface area contributed by atoms with E-state index in [9.17, 15) is 13.6 Å². The maximum absolute atomic E-state index is 13.4. The maximum Gasteiger partial charge on any atom is 0.337 e. The fourth-order valence-corrected chi connectivity index (χ4v) is 1.70. The van der Waals surface area contributed by atoms with Crippen LogP contribution in [-0.2, 0) is 11.3 Å². The third kappa shape index (κ3) is 3.32. The Labute approximate surface area is 115 Å². The molecule has 0 radical (unpaired) electrons. The molecule has 0 unspecified atom stereocenters. The van der Waals surface area contributed by atoms with Crippen LogP contribution in [0.5, 0.6) is 0 Å². The summed E-state index contributed by atoms with van der Waals surface area (Å²) in [4.78, 5) is 11.3. The van der Waals surface area contributed by atoms with Gasteiger partial charge in [-0.2, -0.15) is 0 Å². The molecule has 0 aliphatic rings. The highest BCUT2D eigenvalue weighted by Gasteiger charge is 2.06. The number of carbonyl (C=O) groups excluding carboxylic acids is 1. The average Bonchev–Trinajstić information content (AvgIpc) is 2.46. The van der Waals surface area contributed by atoms with Crippen molar-refractivity contribution in [2.24, 2.45) is 0 Å². The second-order valence-electron chi connectivity index (χ2n) is 4.16. The number of carbonyl (C=O) groups is 1. The summed E-state index contributed by atoms with van der Waals surface area (Å²) in [6.07, 6.45) is 0. The molecule has 2 aromatic carbocycles. The summed E-state index contributed by atoms with van der Waals surface area (Å²) in [6.45, 7) is 0.226. The molecule has 0 aromatic heterocycles. The molecule has 0 atom stereocenters. The predicted octanol–water partition coefficient (Wildman–Crippen LogP) is 3.36. The van der Waals surface area contributed by atoms with E-state index >= 15 is 0 Å². The first kappa shape index (κ1) is 14.0. The first-order chi connectivity index (χ1) is 9.60. The molecule has 0 aliphatic carbocycles. The molecule has 104 valence electrons.